The Bertz CT molecular complexity index is 525. The third-order valence-corrected chi connectivity index (χ3v) is 4.07. The second-order valence-electron chi connectivity index (χ2n) is 7.00. The summed E-state index contributed by atoms with van der Waals surface area (Å²) in [5, 5.41) is 3.68. The second kappa shape index (κ2) is 5.41. The average Bonchev–Trinajstić information content (AvgIpc) is 2.82. The Kier molecular flexibility index (Phi) is 3.74. The predicted molar refractivity (Wildman–Crippen MR) is 82.1 cm³/mol. The van der Waals surface area contributed by atoms with Crippen molar-refractivity contribution in [2.75, 3.05) is 13.3 Å². The Balaban J connectivity index is 1.84. The summed E-state index contributed by atoms with van der Waals surface area (Å²) in [6.45, 7) is 10.1. The van der Waals surface area contributed by atoms with Crippen molar-refractivity contribution in [3.63, 3.8) is 0 Å². The van der Waals surface area contributed by atoms with E-state index in [0.717, 1.165) is 30.2 Å². The summed E-state index contributed by atoms with van der Waals surface area (Å²) in [6.07, 6.45) is 2.13. The monoisotopic (exact) mass is 291 g/mol. The van der Waals surface area contributed by atoms with E-state index >= 15 is 0 Å². The predicted octanol–water partition coefficient (Wildman–Crippen LogP) is 3.65. The van der Waals surface area contributed by atoms with Crippen LogP contribution in [0.15, 0.2) is 12.1 Å². The number of hydrogen-bond acceptors (Lipinski definition) is 4. The minimum atomic E-state index is -0.170. The zero-order valence-corrected chi connectivity index (χ0v) is 13.4. The van der Waals surface area contributed by atoms with E-state index in [0.29, 0.717) is 18.8 Å². The molecule has 1 aromatic rings. The first-order valence-electron chi connectivity index (χ1n) is 7.80. The van der Waals surface area contributed by atoms with Gasteiger partial charge in [-0.3, -0.25) is 0 Å². The van der Waals surface area contributed by atoms with Crippen molar-refractivity contribution in [2.45, 2.75) is 52.2 Å². The van der Waals surface area contributed by atoms with Crippen LogP contribution in [0.3, 0.4) is 0 Å². The van der Waals surface area contributed by atoms with Crippen LogP contribution in [0.1, 0.15) is 52.1 Å². The molecule has 0 saturated heterocycles. The fourth-order valence-electron chi connectivity index (χ4n) is 2.97. The molecule has 0 aromatic heterocycles. The molecule has 2 aliphatic rings. The second-order valence-corrected chi connectivity index (χ2v) is 7.00. The van der Waals surface area contributed by atoms with Gasteiger partial charge in [0.25, 0.3) is 0 Å². The van der Waals surface area contributed by atoms with Gasteiger partial charge in [-0.1, -0.05) is 13.8 Å². The van der Waals surface area contributed by atoms with Gasteiger partial charge < -0.3 is 19.5 Å². The molecule has 1 atom stereocenters. The zero-order valence-electron chi connectivity index (χ0n) is 13.4. The normalized spacial score (nSPS) is 22.0. The van der Waals surface area contributed by atoms with Crippen LogP contribution >= 0.6 is 0 Å². The lowest BCUT2D eigenvalue weighted by atomic mass is 9.89. The lowest BCUT2D eigenvalue weighted by Crippen LogP contribution is -2.39. The summed E-state index contributed by atoms with van der Waals surface area (Å²) in [5.74, 6) is 3.24. The van der Waals surface area contributed by atoms with Crippen LogP contribution in [0.2, 0.25) is 0 Å². The molecule has 0 amide bonds. The first-order valence-corrected chi connectivity index (χ1v) is 7.80. The van der Waals surface area contributed by atoms with E-state index in [4.69, 9.17) is 14.2 Å². The number of fused-ring (bicyclic) bond motifs is 2. The van der Waals surface area contributed by atoms with E-state index in [9.17, 15) is 0 Å². The van der Waals surface area contributed by atoms with E-state index in [1.807, 2.05) is 6.07 Å². The molecule has 0 spiro atoms. The Hall–Kier alpha value is -1.42. The molecule has 2 aliphatic heterocycles. The third-order valence-electron chi connectivity index (χ3n) is 4.07. The molecule has 116 valence electrons. The van der Waals surface area contributed by atoms with Crippen molar-refractivity contribution in [2.24, 2.45) is 5.92 Å². The molecule has 0 saturated carbocycles. The average molecular weight is 291 g/mol. The minimum absolute atomic E-state index is 0.170. The van der Waals surface area contributed by atoms with Gasteiger partial charge in [0.05, 0.1) is 0 Å². The summed E-state index contributed by atoms with van der Waals surface area (Å²) in [6, 6.07) is 4.34. The molecule has 0 radical (unpaired) electrons. The summed E-state index contributed by atoms with van der Waals surface area (Å²) in [7, 11) is 0. The fourth-order valence-corrected chi connectivity index (χ4v) is 2.97. The van der Waals surface area contributed by atoms with Crippen LogP contribution in [-0.2, 0) is 0 Å². The van der Waals surface area contributed by atoms with Gasteiger partial charge in [0.15, 0.2) is 11.5 Å². The maximum Gasteiger partial charge on any atom is 0.231 e. The number of hydrogen-bond donors (Lipinski definition) is 1. The fraction of sp³-hybridized carbons (Fsp3) is 0.647. The van der Waals surface area contributed by atoms with E-state index < -0.39 is 0 Å². The molecular weight excluding hydrogens is 266 g/mol. The molecular formula is C17H25NO3. The maximum absolute atomic E-state index is 6.13. The van der Waals surface area contributed by atoms with E-state index in [1.54, 1.807) is 0 Å². The molecule has 4 nitrogen and oxygen atoms in total. The van der Waals surface area contributed by atoms with Crippen LogP contribution in [0.4, 0.5) is 0 Å². The third kappa shape index (κ3) is 3.10. The molecule has 0 aliphatic carbocycles. The Morgan fingerprint density at radius 1 is 1.19 bits per heavy atom. The summed E-state index contributed by atoms with van der Waals surface area (Å²) in [5.41, 5.74) is 1.01. The topological polar surface area (TPSA) is 39.7 Å². The van der Waals surface area contributed by atoms with Gasteiger partial charge >= 0.3 is 0 Å². The van der Waals surface area contributed by atoms with Gasteiger partial charge in [0.2, 0.25) is 6.79 Å². The lowest BCUT2D eigenvalue weighted by Gasteiger charge is -2.38. The van der Waals surface area contributed by atoms with Gasteiger partial charge in [0, 0.05) is 24.1 Å². The molecule has 2 heterocycles. The highest BCUT2D eigenvalue weighted by Crippen LogP contribution is 2.46. The summed E-state index contributed by atoms with van der Waals surface area (Å²) < 4.78 is 17.1. The zero-order chi connectivity index (χ0) is 15.0. The van der Waals surface area contributed by atoms with Crippen LogP contribution < -0.4 is 19.5 Å². The first-order chi connectivity index (χ1) is 9.94. The molecule has 1 N–H and O–H groups in total. The van der Waals surface area contributed by atoms with Gasteiger partial charge in [-0.25, -0.2) is 0 Å². The Morgan fingerprint density at radius 3 is 2.62 bits per heavy atom. The number of benzene rings is 1. The SMILES string of the molecule is CC(C)CCNC1CC(C)(C)Oc2cc3c(cc21)OCO3. The number of nitrogens with one attached hydrogen (secondary N) is 1. The largest absolute Gasteiger partial charge is 0.487 e. The molecule has 1 aromatic carbocycles. The minimum Gasteiger partial charge on any atom is -0.487 e. The van der Waals surface area contributed by atoms with Crippen molar-refractivity contribution >= 4 is 0 Å². The number of rotatable bonds is 4. The maximum atomic E-state index is 6.13. The van der Waals surface area contributed by atoms with Crippen molar-refractivity contribution in [3.05, 3.63) is 17.7 Å². The van der Waals surface area contributed by atoms with Gasteiger partial charge in [-0.05, 0) is 38.8 Å². The van der Waals surface area contributed by atoms with Crippen molar-refractivity contribution in [1.82, 2.24) is 5.32 Å². The first kappa shape index (κ1) is 14.5. The number of ether oxygens (including phenoxy) is 3. The van der Waals surface area contributed by atoms with Crippen molar-refractivity contribution < 1.29 is 14.2 Å². The van der Waals surface area contributed by atoms with E-state index in [2.05, 4.69) is 39.1 Å². The highest BCUT2D eigenvalue weighted by molar-refractivity contribution is 5.53. The van der Waals surface area contributed by atoms with E-state index in [1.165, 1.54) is 12.0 Å². The van der Waals surface area contributed by atoms with Crippen LogP contribution in [-0.4, -0.2) is 18.9 Å². The quantitative estimate of drug-likeness (QED) is 0.919. The molecule has 1 unspecified atom stereocenters. The molecule has 3 rings (SSSR count). The van der Waals surface area contributed by atoms with Crippen molar-refractivity contribution in [3.8, 4) is 17.2 Å². The van der Waals surface area contributed by atoms with E-state index in [-0.39, 0.29) is 5.60 Å². The standard InChI is InChI=1S/C17H25NO3/c1-11(2)5-6-18-13-9-17(3,4)21-14-8-16-15(7-12(13)14)19-10-20-16/h7-8,11,13,18H,5-6,9-10H2,1-4H3. The summed E-state index contributed by atoms with van der Waals surface area (Å²) in [4.78, 5) is 0. The van der Waals surface area contributed by atoms with Gasteiger partial charge in [0.1, 0.15) is 11.4 Å². The van der Waals surface area contributed by atoms with Crippen LogP contribution in [0.25, 0.3) is 0 Å². The van der Waals surface area contributed by atoms with Crippen LogP contribution in [0, 0.1) is 5.92 Å². The molecule has 0 bridgehead atoms. The lowest BCUT2D eigenvalue weighted by molar-refractivity contribution is 0.0657. The Labute approximate surface area is 126 Å². The molecule has 21 heavy (non-hydrogen) atoms. The molecule has 0 fully saturated rings. The summed E-state index contributed by atoms with van der Waals surface area (Å²) >= 11 is 0. The highest BCUT2D eigenvalue weighted by Gasteiger charge is 2.35. The Morgan fingerprint density at radius 2 is 1.90 bits per heavy atom. The smallest absolute Gasteiger partial charge is 0.231 e. The molecule has 4 heteroatoms. The van der Waals surface area contributed by atoms with Gasteiger partial charge in [-0.2, -0.15) is 0 Å². The van der Waals surface area contributed by atoms with Gasteiger partial charge in [-0.15, -0.1) is 0 Å². The van der Waals surface area contributed by atoms with Crippen molar-refractivity contribution in [1.29, 1.82) is 0 Å². The van der Waals surface area contributed by atoms with Crippen LogP contribution in [0.5, 0.6) is 17.2 Å². The highest BCUT2D eigenvalue weighted by atomic mass is 16.7.